The summed E-state index contributed by atoms with van der Waals surface area (Å²) in [4.78, 5) is 25.4. The second-order valence-corrected chi connectivity index (χ2v) is 8.63. The number of benzene rings is 2. The Morgan fingerprint density at radius 3 is 2.56 bits per heavy atom. The first-order chi connectivity index (χ1) is 16.8. The molecule has 1 aliphatic heterocycles. The van der Waals surface area contributed by atoms with Crippen LogP contribution in [0.1, 0.15) is 25.3 Å². The van der Waals surface area contributed by atoms with Gasteiger partial charge in [-0.3, -0.25) is 9.59 Å². The predicted octanol–water partition coefficient (Wildman–Crippen LogP) is 3.87. The highest BCUT2D eigenvalue weighted by molar-refractivity contribution is 5.99. The molecule has 2 aromatic carbocycles. The number of ether oxygens (including phenoxy) is 2. The van der Waals surface area contributed by atoms with Crippen molar-refractivity contribution >= 4 is 28.2 Å². The number of halogens is 5. The van der Waals surface area contributed by atoms with Gasteiger partial charge in [-0.15, -0.1) is 0 Å². The third-order valence-electron chi connectivity index (χ3n) is 6.66. The first-order valence-electron chi connectivity index (χ1n) is 10.7. The minimum Gasteiger partial charge on any atom is -0.493 e. The molecular weight excluding hydrogens is 491 g/mol. The maximum absolute atomic E-state index is 14.5. The maximum Gasteiger partial charge on any atom is 0.417 e. The van der Waals surface area contributed by atoms with Crippen molar-refractivity contribution in [3.8, 4) is 5.75 Å². The quantitative estimate of drug-likeness (QED) is 0.457. The van der Waals surface area contributed by atoms with E-state index in [1.807, 2.05) is 0 Å². The van der Waals surface area contributed by atoms with Crippen molar-refractivity contribution in [3.63, 3.8) is 0 Å². The molecular formula is C23H21F5N4O4. The zero-order chi connectivity index (χ0) is 26.6. The molecule has 8 nitrogen and oxygen atoms in total. The van der Waals surface area contributed by atoms with Gasteiger partial charge in [0.25, 0.3) is 11.5 Å². The molecule has 1 saturated heterocycles. The fourth-order valence-corrected chi connectivity index (χ4v) is 4.52. The molecule has 36 heavy (non-hydrogen) atoms. The standard InChI is InChI=1S/C23H21F5N4O4/c1-9-15(12-6-7-14(24)16(25)17(12)35-3)18(36-22(9,2)23(26,27)28)21(34)30-10-4-5-11-13(8-10)20(33)32-31-19(11)29/h4-9,15,18H,1-3H3,(H2,29,31)(H,30,34)(H,32,33)/t9-,15-,18+,22+/m0/s1. The van der Waals surface area contributed by atoms with E-state index >= 15 is 0 Å². The number of hydrogen-bond acceptors (Lipinski definition) is 6. The van der Waals surface area contributed by atoms with E-state index in [4.69, 9.17) is 15.2 Å². The smallest absolute Gasteiger partial charge is 0.417 e. The highest BCUT2D eigenvalue weighted by atomic mass is 19.4. The molecule has 0 spiro atoms. The molecule has 13 heteroatoms. The number of nitrogens with two attached hydrogens (primary N) is 1. The molecule has 4 rings (SSSR count). The molecule has 2 heterocycles. The Morgan fingerprint density at radius 2 is 1.92 bits per heavy atom. The highest BCUT2D eigenvalue weighted by Gasteiger charge is 2.65. The summed E-state index contributed by atoms with van der Waals surface area (Å²) in [6, 6.07) is 5.88. The lowest BCUT2D eigenvalue weighted by molar-refractivity contribution is -0.272. The van der Waals surface area contributed by atoms with Gasteiger partial charge in [0.2, 0.25) is 5.82 Å². The fraction of sp³-hybridized carbons (Fsp3) is 0.348. The molecule has 0 radical (unpaired) electrons. The summed E-state index contributed by atoms with van der Waals surface area (Å²) in [7, 11) is 1.03. The van der Waals surface area contributed by atoms with E-state index < -0.39 is 58.6 Å². The molecule has 0 aliphatic carbocycles. The number of methoxy groups -OCH3 is 1. The van der Waals surface area contributed by atoms with Crippen LogP contribution in [0.5, 0.6) is 5.75 Å². The fourth-order valence-electron chi connectivity index (χ4n) is 4.52. The largest absolute Gasteiger partial charge is 0.493 e. The van der Waals surface area contributed by atoms with Gasteiger partial charge >= 0.3 is 6.18 Å². The number of carbonyl (C=O) groups excluding carboxylic acids is 1. The minimum absolute atomic E-state index is 0.0295. The monoisotopic (exact) mass is 512 g/mol. The number of nitrogen functional groups attached to an aromatic ring is 1. The summed E-state index contributed by atoms with van der Waals surface area (Å²) < 4.78 is 80.7. The van der Waals surface area contributed by atoms with E-state index in [9.17, 15) is 31.5 Å². The van der Waals surface area contributed by atoms with Crippen molar-refractivity contribution in [3.05, 3.63) is 57.9 Å². The number of aromatic amines is 1. The Morgan fingerprint density at radius 1 is 1.22 bits per heavy atom. The van der Waals surface area contributed by atoms with Gasteiger partial charge in [-0.05, 0) is 31.2 Å². The average molecular weight is 512 g/mol. The van der Waals surface area contributed by atoms with Gasteiger partial charge in [-0.25, -0.2) is 9.49 Å². The summed E-state index contributed by atoms with van der Waals surface area (Å²) in [5, 5.41) is 8.65. The lowest BCUT2D eigenvalue weighted by atomic mass is 9.77. The van der Waals surface area contributed by atoms with Crippen LogP contribution in [0.25, 0.3) is 10.8 Å². The van der Waals surface area contributed by atoms with Gasteiger partial charge in [0, 0.05) is 28.5 Å². The zero-order valence-corrected chi connectivity index (χ0v) is 19.2. The van der Waals surface area contributed by atoms with Crippen LogP contribution >= 0.6 is 0 Å². The van der Waals surface area contributed by atoms with E-state index in [0.29, 0.717) is 5.39 Å². The van der Waals surface area contributed by atoms with Gasteiger partial charge in [-0.1, -0.05) is 13.0 Å². The second kappa shape index (κ2) is 8.73. The zero-order valence-electron chi connectivity index (χ0n) is 19.2. The maximum atomic E-state index is 14.5. The predicted molar refractivity (Wildman–Crippen MR) is 120 cm³/mol. The number of anilines is 2. The summed E-state index contributed by atoms with van der Waals surface area (Å²) >= 11 is 0. The molecule has 192 valence electrons. The van der Waals surface area contributed by atoms with E-state index in [-0.39, 0.29) is 22.5 Å². The van der Waals surface area contributed by atoms with E-state index in [1.165, 1.54) is 25.1 Å². The Labute approximate surface area is 200 Å². The van der Waals surface area contributed by atoms with Gasteiger partial charge in [0.15, 0.2) is 23.0 Å². The van der Waals surface area contributed by atoms with Crippen molar-refractivity contribution in [1.82, 2.24) is 10.2 Å². The van der Waals surface area contributed by atoms with Crippen molar-refractivity contribution in [2.75, 3.05) is 18.2 Å². The number of aromatic nitrogens is 2. The highest BCUT2D eigenvalue weighted by Crippen LogP contribution is 2.55. The third kappa shape index (κ3) is 3.92. The number of nitrogens with one attached hydrogen (secondary N) is 2. The van der Waals surface area contributed by atoms with E-state index in [2.05, 4.69) is 15.5 Å². The third-order valence-corrected chi connectivity index (χ3v) is 6.66. The number of hydrogen-bond donors (Lipinski definition) is 3. The summed E-state index contributed by atoms with van der Waals surface area (Å²) in [6.07, 6.45) is -6.67. The number of amides is 1. The molecule has 1 aliphatic rings. The molecule has 4 N–H and O–H groups in total. The summed E-state index contributed by atoms with van der Waals surface area (Å²) in [5.41, 5.74) is 2.24. The molecule has 1 amide bonds. The Kier molecular flexibility index (Phi) is 6.15. The van der Waals surface area contributed by atoms with Crippen molar-refractivity contribution in [2.24, 2.45) is 5.92 Å². The number of rotatable bonds is 4. The van der Waals surface area contributed by atoms with Crippen LogP contribution in [0.3, 0.4) is 0 Å². The molecule has 0 bridgehead atoms. The van der Waals surface area contributed by atoms with Crippen LogP contribution in [-0.4, -0.2) is 41.1 Å². The number of alkyl halides is 3. The second-order valence-electron chi connectivity index (χ2n) is 8.63. The van der Waals surface area contributed by atoms with Gasteiger partial charge in [-0.2, -0.15) is 22.7 Å². The van der Waals surface area contributed by atoms with E-state index in [0.717, 1.165) is 26.2 Å². The van der Waals surface area contributed by atoms with Gasteiger partial charge in [0.05, 0.1) is 12.5 Å². The first kappa shape index (κ1) is 25.4. The normalized spacial score (nSPS) is 24.2. The van der Waals surface area contributed by atoms with Crippen LogP contribution in [0, 0.1) is 17.6 Å². The average Bonchev–Trinajstić information content (AvgIpc) is 3.10. The summed E-state index contributed by atoms with van der Waals surface area (Å²) in [6.45, 7) is 1.99. The van der Waals surface area contributed by atoms with Gasteiger partial charge in [0.1, 0.15) is 6.10 Å². The SMILES string of the molecule is COc1c([C@H]2[C@H](C(=O)Nc3ccc4c(N)n[nH]c(=O)c4c3)O[C@@](C)(C(F)(F)F)[C@H]2C)ccc(F)c1F. The Hall–Kier alpha value is -3.74. The Balaban J connectivity index is 1.78. The van der Waals surface area contributed by atoms with Crippen molar-refractivity contribution < 1.29 is 36.2 Å². The molecule has 3 aromatic rings. The number of carbonyl (C=O) groups is 1. The van der Waals surface area contributed by atoms with Crippen LogP contribution in [0.2, 0.25) is 0 Å². The van der Waals surface area contributed by atoms with Crippen LogP contribution in [0.15, 0.2) is 35.1 Å². The lowest BCUT2D eigenvalue weighted by Crippen LogP contribution is -2.47. The number of fused-ring (bicyclic) bond motifs is 1. The minimum atomic E-state index is -4.90. The summed E-state index contributed by atoms with van der Waals surface area (Å²) in [5.74, 6) is -7.03. The topological polar surface area (TPSA) is 119 Å². The first-order valence-corrected chi connectivity index (χ1v) is 10.7. The molecule has 0 saturated carbocycles. The van der Waals surface area contributed by atoms with Crippen LogP contribution in [-0.2, 0) is 9.53 Å². The van der Waals surface area contributed by atoms with Crippen molar-refractivity contribution in [2.45, 2.75) is 37.6 Å². The number of nitrogens with zero attached hydrogens (tertiary/aromatic N) is 1. The molecule has 0 unspecified atom stereocenters. The molecule has 1 fully saturated rings. The number of H-pyrrole nitrogens is 1. The van der Waals surface area contributed by atoms with Gasteiger partial charge < -0.3 is 20.5 Å². The Bertz CT molecular complexity index is 1410. The lowest BCUT2D eigenvalue weighted by Gasteiger charge is -2.32. The van der Waals surface area contributed by atoms with Crippen molar-refractivity contribution in [1.29, 1.82) is 0 Å². The van der Waals surface area contributed by atoms with Crippen LogP contribution in [0.4, 0.5) is 33.5 Å². The van der Waals surface area contributed by atoms with Crippen LogP contribution < -0.4 is 21.3 Å². The molecule has 4 atom stereocenters. The molecule has 1 aromatic heterocycles. The van der Waals surface area contributed by atoms with E-state index in [1.54, 1.807) is 0 Å².